The second kappa shape index (κ2) is 8.30. The Balaban J connectivity index is 1.95. The molecule has 0 saturated heterocycles. The zero-order chi connectivity index (χ0) is 19.3. The molecule has 9 heteroatoms. The van der Waals surface area contributed by atoms with E-state index in [1.807, 2.05) is 0 Å². The maximum absolute atomic E-state index is 12.1. The van der Waals surface area contributed by atoms with Crippen molar-refractivity contribution in [3.63, 3.8) is 0 Å². The largest absolute Gasteiger partial charge is 0.449 e. The summed E-state index contributed by atoms with van der Waals surface area (Å²) in [6, 6.07) is 10.4. The molecule has 0 saturated carbocycles. The second-order valence-electron chi connectivity index (χ2n) is 5.42. The van der Waals surface area contributed by atoms with Crippen LogP contribution in [0, 0.1) is 10.1 Å². The first-order valence-corrected chi connectivity index (χ1v) is 7.92. The second-order valence-corrected chi connectivity index (χ2v) is 5.86. The summed E-state index contributed by atoms with van der Waals surface area (Å²) in [5.41, 5.74) is 5.77. The van der Waals surface area contributed by atoms with Gasteiger partial charge >= 0.3 is 5.97 Å². The molecule has 0 heterocycles. The van der Waals surface area contributed by atoms with Gasteiger partial charge in [-0.3, -0.25) is 14.9 Å². The highest BCUT2D eigenvalue weighted by Crippen LogP contribution is 2.23. The molecule has 8 nitrogen and oxygen atoms in total. The highest BCUT2D eigenvalue weighted by molar-refractivity contribution is 6.30. The van der Waals surface area contributed by atoms with Crippen LogP contribution in [-0.2, 0) is 16.1 Å². The molecule has 2 aromatic rings. The number of nitrogen functional groups attached to an aromatic ring is 1. The lowest BCUT2D eigenvalue weighted by Gasteiger charge is -2.13. The Hall–Kier alpha value is -3.13. The molecule has 136 valence electrons. The normalized spacial score (nSPS) is 11.5. The summed E-state index contributed by atoms with van der Waals surface area (Å²) in [6.07, 6.45) is -1.08. The summed E-state index contributed by atoms with van der Waals surface area (Å²) in [5.74, 6) is -1.36. The van der Waals surface area contributed by atoms with Gasteiger partial charge in [0.15, 0.2) is 6.10 Å². The molecule has 0 radical (unpaired) electrons. The molecule has 2 aromatic carbocycles. The number of hydrogen-bond acceptors (Lipinski definition) is 6. The lowest BCUT2D eigenvalue weighted by molar-refractivity contribution is -0.383. The number of benzene rings is 2. The molecule has 0 bridgehead atoms. The van der Waals surface area contributed by atoms with Crippen LogP contribution in [0.1, 0.15) is 22.8 Å². The van der Waals surface area contributed by atoms with E-state index in [4.69, 9.17) is 22.1 Å². The minimum Gasteiger partial charge on any atom is -0.449 e. The molecule has 2 rings (SSSR count). The molecule has 1 unspecified atom stereocenters. The van der Waals surface area contributed by atoms with Crippen molar-refractivity contribution in [2.24, 2.45) is 0 Å². The van der Waals surface area contributed by atoms with Crippen LogP contribution in [-0.4, -0.2) is 22.9 Å². The minimum atomic E-state index is -1.08. The van der Waals surface area contributed by atoms with Crippen molar-refractivity contribution < 1.29 is 19.2 Å². The van der Waals surface area contributed by atoms with Gasteiger partial charge in [0.1, 0.15) is 5.69 Å². The number of nitrogens with two attached hydrogens (primary N) is 1. The number of carbonyl (C=O) groups excluding carboxylic acids is 2. The fourth-order valence-electron chi connectivity index (χ4n) is 2.05. The average molecular weight is 378 g/mol. The third-order valence-electron chi connectivity index (χ3n) is 3.50. The summed E-state index contributed by atoms with van der Waals surface area (Å²) in [5, 5.41) is 14.1. The Bertz CT molecular complexity index is 839. The van der Waals surface area contributed by atoms with Crippen LogP contribution in [0.25, 0.3) is 0 Å². The van der Waals surface area contributed by atoms with Gasteiger partial charge in [0, 0.05) is 17.6 Å². The lowest BCUT2D eigenvalue weighted by atomic mass is 10.2. The maximum Gasteiger partial charge on any atom is 0.339 e. The van der Waals surface area contributed by atoms with Crippen molar-refractivity contribution in [2.75, 3.05) is 5.73 Å². The smallest absolute Gasteiger partial charge is 0.339 e. The number of nitrogens with one attached hydrogen (secondary N) is 1. The van der Waals surface area contributed by atoms with E-state index in [9.17, 15) is 19.7 Å². The van der Waals surface area contributed by atoms with Crippen molar-refractivity contribution in [3.05, 3.63) is 68.7 Å². The van der Waals surface area contributed by atoms with E-state index >= 15 is 0 Å². The molecule has 0 aromatic heterocycles. The van der Waals surface area contributed by atoms with Gasteiger partial charge < -0.3 is 15.8 Å². The predicted molar refractivity (Wildman–Crippen MR) is 95.7 cm³/mol. The number of rotatable bonds is 6. The molecule has 26 heavy (non-hydrogen) atoms. The zero-order valence-corrected chi connectivity index (χ0v) is 14.5. The number of nitro groups is 1. The number of anilines is 1. The molecule has 0 aliphatic heterocycles. The number of amides is 1. The van der Waals surface area contributed by atoms with Gasteiger partial charge in [-0.05, 0) is 36.8 Å². The topological polar surface area (TPSA) is 125 Å². The molecule has 0 fully saturated rings. The van der Waals surface area contributed by atoms with Crippen molar-refractivity contribution in [3.8, 4) is 0 Å². The van der Waals surface area contributed by atoms with Gasteiger partial charge in [-0.1, -0.05) is 23.7 Å². The van der Waals surface area contributed by atoms with Crippen LogP contribution in [0.2, 0.25) is 5.02 Å². The monoisotopic (exact) mass is 377 g/mol. The molecule has 0 aliphatic rings. The summed E-state index contributed by atoms with van der Waals surface area (Å²) in [7, 11) is 0. The number of esters is 1. The fourth-order valence-corrected chi connectivity index (χ4v) is 2.17. The quantitative estimate of drug-likeness (QED) is 0.345. The van der Waals surface area contributed by atoms with Crippen LogP contribution in [0.5, 0.6) is 0 Å². The highest BCUT2D eigenvalue weighted by atomic mass is 35.5. The number of ether oxygens (including phenoxy) is 1. The highest BCUT2D eigenvalue weighted by Gasteiger charge is 2.21. The van der Waals surface area contributed by atoms with E-state index < -0.39 is 28.6 Å². The minimum absolute atomic E-state index is 0.0664. The van der Waals surface area contributed by atoms with E-state index in [1.54, 1.807) is 24.3 Å². The van der Waals surface area contributed by atoms with Gasteiger partial charge in [0.25, 0.3) is 11.6 Å². The van der Waals surface area contributed by atoms with Crippen LogP contribution in [0.15, 0.2) is 42.5 Å². The number of hydrogen-bond donors (Lipinski definition) is 2. The van der Waals surface area contributed by atoms with Crippen molar-refractivity contribution >= 4 is 34.9 Å². The van der Waals surface area contributed by atoms with Crippen molar-refractivity contribution in [2.45, 2.75) is 19.6 Å². The number of halogens is 1. The maximum atomic E-state index is 12.1. The van der Waals surface area contributed by atoms with Crippen LogP contribution in [0.4, 0.5) is 11.4 Å². The number of carbonyl (C=O) groups is 2. The van der Waals surface area contributed by atoms with Crippen LogP contribution >= 0.6 is 11.6 Å². The predicted octanol–water partition coefficient (Wildman–Crippen LogP) is 2.69. The van der Waals surface area contributed by atoms with E-state index in [0.29, 0.717) is 5.02 Å². The summed E-state index contributed by atoms with van der Waals surface area (Å²) in [6.45, 7) is 1.64. The van der Waals surface area contributed by atoms with E-state index in [0.717, 1.165) is 11.6 Å². The molecule has 0 spiro atoms. The average Bonchev–Trinajstić information content (AvgIpc) is 2.60. The van der Waals surface area contributed by atoms with Gasteiger partial charge in [-0.25, -0.2) is 4.79 Å². The van der Waals surface area contributed by atoms with Crippen molar-refractivity contribution in [1.82, 2.24) is 5.32 Å². The standard InChI is InChI=1S/C17H16ClN3O5/c1-10(16(22)20-9-11-2-5-13(18)6-3-11)26-17(23)12-4-7-14(19)15(8-12)21(24)25/h2-8,10H,9,19H2,1H3,(H,20,22). The van der Waals surface area contributed by atoms with Gasteiger partial charge in [0.2, 0.25) is 0 Å². The number of nitro benzene ring substituents is 1. The Morgan fingerprint density at radius 1 is 1.27 bits per heavy atom. The fraction of sp³-hybridized carbons (Fsp3) is 0.176. The van der Waals surface area contributed by atoms with Gasteiger partial charge in [0.05, 0.1) is 10.5 Å². The first-order chi connectivity index (χ1) is 12.3. The molecular formula is C17H16ClN3O5. The number of nitrogens with zero attached hydrogens (tertiary/aromatic N) is 1. The summed E-state index contributed by atoms with van der Waals surface area (Å²) in [4.78, 5) is 34.3. The summed E-state index contributed by atoms with van der Waals surface area (Å²) < 4.78 is 5.04. The molecule has 1 atom stereocenters. The van der Waals surface area contributed by atoms with Crippen molar-refractivity contribution in [1.29, 1.82) is 0 Å². The zero-order valence-electron chi connectivity index (χ0n) is 13.8. The van der Waals surface area contributed by atoms with Crippen LogP contribution < -0.4 is 11.1 Å². The molecule has 1 amide bonds. The van der Waals surface area contributed by atoms with Gasteiger partial charge in [-0.2, -0.15) is 0 Å². The Morgan fingerprint density at radius 2 is 1.92 bits per heavy atom. The first-order valence-electron chi connectivity index (χ1n) is 7.55. The van der Waals surface area contributed by atoms with E-state index in [2.05, 4.69) is 5.32 Å². The van der Waals surface area contributed by atoms with E-state index in [-0.39, 0.29) is 17.8 Å². The SMILES string of the molecule is CC(OC(=O)c1ccc(N)c([N+](=O)[O-])c1)C(=O)NCc1ccc(Cl)cc1. The Morgan fingerprint density at radius 3 is 2.54 bits per heavy atom. The molecular weight excluding hydrogens is 362 g/mol. The third-order valence-corrected chi connectivity index (χ3v) is 3.75. The summed E-state index contributed by atoms with van der Waals surface area (Å²) >= 11 is 5.79. The van der Waals surface area contributed by atoms with E-state index in [1.165, 1.54) is 19.1 Å². The van der Waals surface area contributed by atoms with Crippen LogP contribution in [0.3, 0.4) is 0 Å². The molecule has 3 N–H and O–H groups in total. The van der Waals surface area contributed by atoms with Gasteiger partial charge in [-0.15, -0.1) is 0 Å². The molecule has 0 aliphatic carbocycles. The lowest BCUT2D eigenvalue weighted by Crippen LogP contribution is -2.35. The third kappa shape index (κ3) is 4.93. The Labute approximate surface area is 154 Å². The Kier molecular flexibility index (Phi) is 6.13. The first kappa shape index (κ1) is 19.2.